The second-order valence-corrected chi connectivity index (χ2v) is 6.26. The van der Waals surface area contributed by atoms with Crippen LogP contribution in [-0.4, -0.2) is 28.8 Å². The molecular weight excluding hydrogens is 278 g/mol. The monoisotopic (exact) mass is 291 g/mol. The Hall–Kier alpha value is -2.17. The van der Waals surface area contributed by atoms with Gasteiger partial charge in [-0.3, -0.25) is 0 Å². The molecule has 6 nitrogen and oxygen atoms in total. The van der Waals surface area contributed by atoms with Crippen molar-refractivity contribution in [1.82, 2.24) is 9.55 Å². The SMILES string of the molecule is N#Cc1cccc(S(=O)(=O)CCn2ccnc2CO)c1. The number of aryl methyl sites for hydroxylation is 1. The number of nitriles is 1. The number of nitrogens with zero attached hydrogens (tertiary/aromatic N) is 3. The lowest BCUT2D eigenvalue weighted by Gasteiger charge is -2.07. The van der Waals surface area contributed by atoms with E-state index in [-0.39, 0.29) is 23.8 Å². The summed E-state index contributed by atoms with van der Waals surface area (Å²) in [6.07, 6.45) is 3.13. The van der Waals surface area contributed by atoms with Crippen molar-refractivity contribution in [2.24, 2.45) is 0 Å². The first-order chi connectivity index (χ1) is 9.56. The van der Waals surface area contributed by atoms with Crippen molar-refractivity contribution in [3.63, 3.8) is 0 Å². The van der Waals surface area contributed by atoms with Crippen LogP contribution in [0.2, 0.25) is 0 Å². The topological polar surface area (TPSA) is 96.0 Å². The van der Waals surface area contributed by atoms with E-state index in [1.807, 2.05) is 6.07 Å². The first-order valence-corrected chi connectivity index (χ1v) is 7.56. The van der Waals surface area contributed by atoms with Crippen LogP contribution in [0.25, 0.3) is 0 Å². The summed E-state index contributed by atoms with van der Waals surface area (Å²) in [5.41, 5.74) is 0.310. The van der Waals surface area contributed by atoms with E-state index >= 15 is 0 Å². The van der Waals surface area contributed by atoms with Gasteiger partial charge in [-0.2, -0.15) is 5.26 Å². The number of sulfone groups is 1. The lowest BCUT2D eigenvalue weighted by molar-refractivity contribution is 0.265. The summed E-state index contributed by atoms with van der Waals surface area (Å²) in [5.74, 6) is 0.302. The molecule has 1 aromatic heterocycles. The van der Waals surface area contributed by atoms with Gasteiger partial charge in [-0.1, -0.05) is 6.07 Å². The number of benzene rings is 1. The summed E-state index contributed by atoms with van der Waals surface area (Å²) in [4.78, 5) is 4.04. The molecule has 2 aromatic rings. The van der Waals surface area contributed by atoms with Crippen LogP contribution in [0.4, 0.5) is 0 Å². The van der Waals surface area contributed by atoms with Crippen LogP contribution >= 0.6 is 0 Å². The smallest absolute Gasteiger partial charge is 0.180 e. The van der Waals surface area contributed by atoms with Gasteiger partial charge in [0.2, 0.25) is 0 Å². The molecule has 0 spiro atoms. The molecule has 1 heterocycles. The van der Waals surface area contributed by atoms with Crippen LogP contribution in [0.5, 0.6) is 0 Å². The molecule has 0 aliphatic carbocycles. The Morgan fingerprint density at radius 2 is 2.20 bits per heavy atom. The third kappa shape index (κ3) is 3.04. The molecule has 0 radical (unpaired) electrons. The second-order valence-electron chi connectivity index (χ2n) is 4.15. The molecule has 1 N–H and O–H groups in total. The maximum atomic E-state index is 12.2. The maximum Gasteiger partial charge on any atom is 0.180 e. The minimum Gasteiger partial charge on any atom is -0.388 e. The molecule has 0 unspecified atom stereocenters. The lowest BCUT2D eigenvalue weighted by atomic mass is 10.2. The molecule has 2 rings (SSSR count). The molecule has 1 aromatic carbocycles. The van der Waals surface area contributed by atoms with Gasteiger partial charge >= 0.3 is 0 Å². The molecule has 0 amide bonds. The molecule has 104 valence electrons. The van der Waals surface area contributed by atoms with Gasteiger partial charge in [-0.05, 0) is 18.2 Å². The highest BCUT2D eigenvalue weighted by Crippen LogP contribution is 2.13. The van der Waals surface area contributed by atoms with E-state index in [1.165, 1.54) is 18.3 Å². The van der Waals surface area contributed by atoms with E-state index in [0.29, 0.717) is 11.4 Å². The Balaban J connectivity index is 2.17. The third-order valence-corrected chi connectivity index (χ3v) is 4.56. The van der Waals surface area contributed by atoms with Crippen molar-refractivity contribution in [1.29, 1.82) is 5.26 Å². The highest BCUT2D eigenvalue weighted by molar-refractivity contribution is 7.91. The van der Waals surface area contributed by atoms with E-state index in [9.17, 15) is 8.42 Å². The van der Waals surface area contributed by atoms with Crippen LogP contribution in [0.1, 0.15) is 11.4 Å². The number of rotatable bonds is 5. The standard InChI is InChI=1S/C13H13N3O3S/c14-9-11-2-1-3-12(8-11)20(18,19)7-6-16-5-4-15-13(16)10-17/h1-5,8,17H,6-7,10H2. The molecule has 0 aliphatic rings. The molecule has 0 fully saturated rings. The Bertz CT molecular complexity index is 744. The Labute approximate surface area is 116 Å². The van der Waals surface area contributed by atoms with E-state index in [0.717, 1.165) is 0 Å². The fourth-order valence-electron chi connectivity index (χ4n) is 1.79. The Morgan fingerprint density at radius 3 is 2.90 bits per heavy atom. The molecule has 0 bridgehead atoms. The molecule has 7 heteroatoms. The van der Waals surface area contributed by atoms with E-state index in [1.54, 1.807) is 22.9 Å². The molecule has 20 heavy (non-hydrogen) atoms. The number of imidazole rings is 1. The zero-order valence-corrected chi connectivity index (χ0v) is 11.4. The van der Waals surface area contributed by atoms with Crippen LogP contribution in [0.15, 0.2) is 41.6 Å². The zero-order valence-electron chi connectivity index (χ0n) is 10.6. The molecule has 0 saturated heterocycles. The predicted molar refractivity (Wildman–Crippen MR) is 71.4 cm³/mol. The van der Waals surface area contributed by atoms with Crippen molar-refractivity contribution in [2.45, 2.75) is 18.0 Å². The maximum absolute atomic E-state index is 12.2. The number of hydrogen-bond acceptors (Lipinski definition) is 5. The summed E-state index contributed by atoms with van der Waals surface area (Å²) in [7, 11) is -3.48. The quantitative estimate of drug-likeness (QED) is 0.875. The number of hydrogen-bond donors (Lipinski definition) is 1. The van der Waals surface area contributed by atoms with Crippen LogP contribution in [0.3, 0.4) is 0 Å². The zero-order chi connectivity index (χ0) is 14.6. The minimum absolute atomic E-state index is 0.120. The molecule has 0 saturated carbocycles. The highest BCUT2D eigenvalue weighted by Gasteiger charge is 2.15. The van der Waals surface area contributed by atoms with Gasteiger partial charge in [0.1, 0.15) is 12.4 Å². The normalized spacial score (nSPS) is 11.2. The van der Waals surface area contributed by atoms with Crippen molar-refractivity contribution >= 4 is 9.84 Å². The first-order valence-electron chi connectivity index (χ1n) is 5.90. The van der Waals surface area contributed by atoms with Crippen molar-refractivity contribution in [2.75, 3.05) is 5.75 Å². The fourth-order valence-corrected chi connectivity index (χ4v) is 3.06. The van der Waals surface area contributed by atoms with E-state index in [2.05, 4.69) is 4.98 Å². The largest absolute Gasteiger partial charge is 0.388 e. The van der Waals surface area contributed by atoms with Gasteiger partial charge in [-0.15, -0.1) is 0 Å². The van der Waals surface area contributed by atoms with Crippen molar-refractivity contribution < 1.29 is 13.5 Å². The van der Waals surface area contributed by atoms with Crippen molar-refractivity contribution in [3.8, 4) is 6.07 Å². The summed E-state index contributed by atoms with van der Waals surface area (Å²) >= 11 is 0. The number of aliphatic hydroxyl groups is 1. The molecule has 0 aliphatic heterocycles. The summed E-state index contributed by atoms with van der Waals surface area (Å²) in [6, 6.07) is 7.84. The van der Waals surface area contributed by atoms with Gasteiger partial charge in [0.15, 0.2) is 9.84 Å². The fraction of sp³-hybridized carbons (Fsp3) is 0.231. The summed E-state index contributed by atoms with van der Waals surface area (Å²) < 4.78 is 26.0. The van der Waals surface area contributed by atoms with Gasteiger partial charge in [-0.25, -0.2) is 13.4 Å². The summed E-state index contributed by atoms with van der Waals surface area (Å²) in [5, 5.41) is 17.8. The Morgan fingerprint density at radius 1 is 1.40 bits per heavy atom. The van der Waals surface area contributed by atoms with Gasteiger partial charge in [0, 0.05) is 18.9 Å². The van der Waals surface area contributed by atoms with Gasteiger partial charge in [0.05, 0.1) is 22.3 Å². The first kappa shape index (κ1) is 14.2. The number of aliphatic hydroxyl groups excluding tert-OH is 1. The highest BCUT2D eigenvalue weighted by atomic mass is 32.2. The minimum atomic E-state index is -3.48. The average molecular weight is 291 g/mol. The lowest BCUT2D eigenvalue weighted by Crippen LogP contribution is -2.14. The van der Waals surface area contributed by atoms with Gasteiger partial charge in [0.25, 0.3) is 0 Å². The molecule has 0 atom stereocenters. The third-order valence-electron chi connectivity index (χ3n) is 2.87. The van der Waals surface area contributed by atoms with Crippen LogP contribution < -0.4 is 0 Å². The van der Waals surface area contributed by atoms with Crippen molar-refractivity contribution in [3.05, 3.63) is 48.0 Å². The predicted octanol–water partition coefficient (Wildman–Crippen LogP) is 0.721. The number of aromatic nitrogens is 2. The second kappa shape index (κ2) is 5.86. The van der Waals surface area contributed by atoms with Gasteiger partial charge < -0.3 is 9.67 Å². The average Bonchev–Trinajstić information content (AvgIpc) is 2.93. The molecular formula is C13H13N3O3S. The van der Waals surface area contributed by atoms with E-state index in [4.69, 9.17) is 10.4 Å². The Kier molecular flexibility index (Phi) is 4.17. The van der Waals surface area contributed by atoms with Crippen LogP contribution in [0, 0.1) is 11.3 Å². The van der Waals surface area contributed by atoms with Crippen LogP contribution in [-0.2, 0) is 23.0 Å². The van der Waals surface area contributed by atoms with E-state index < -0.39 is 9.84 Å². The summed E-state index contributed by atoms with van der Waals surface area (Å²) in [6.45, 7) is -0.0357.